The Morgan fingerprint density at radius 3 is 3.30 bits per heavy atom. The maximum atomic E-state index is 4.99. The first-order valence-electron chi connectivity index (χ1n) is 2.92. The number of ether oxygens (including phenoxy) is 1. The second kappa shape index (κ2) is 2.30. The summed E-state index contributed by atoms with van der Waals surface area (Å²) in [5.74, 6) is 0.957. The fourth-order valence-electron chi connectivity index (χ4n) is 0.780. The van der Waals surface area contributed by atoms with Gasteiger partial charge in [-0.3, -0.25) is 4.90 Å². The molecule has 52 valence electrons. The number of anilines is 1. The SMILES string of the molecule is C1=CN(c2ccsn2)CO1. The summed E-state index contributed by atoms with van der Waals surface area (Å²) in [7, 11) is 0. The van der Waals surface area contributed by atoms with Crippen molar-refractivity contribution >= 4 is 17.4 Å². The van der Waals surface area contributed by atoms with E-state index < -0.39 is 0 Å². The van der Waals surface area contributed by atoms with Gasteiger partial charge >= 0.3 is 0 Å². The Hall–Kier alpha value is -1.03. The van der Waals surface area contributed by atoms with Gasteiger partial charge in [0.2, 0.25) is 0 Å². The van der Waals surface area contributed by atoms with E-state index in [0.717, 1.165) is 5.82 Å². The number of hydrogen-bond acceptors (Lipinski definition) is 4. The highest BCUT2D eigenvalue weighted by molar-refractivity contribution is 7.03. The summed E-state index contributed by atoms with van der Waals surface area (Å²) in [5, 5.41) is 1.95. The van der Waals surface area contributed by atoms with E-state index in [0.29, 0.717) is 6.73 Å². The molecule has 0 aliphatic carbocycles. The molecule has 2 rings (SSSR count). The number of rotatable bonds is 1. The predicted molar refractivity (Wildman–Crippen MR) is 39.7 cm³/mol. The molecule has 0 atom stereocenters. The molecule has 3 nitrogen and oxygen atoms in total. The van der Waals surface area contributed by atoms with Crippen LogP contribution in [0.4, 0.5) is 5.82 Å². The quantitative estimate of drug-likeness (QED) is 0.611. The van der Waals surface area contributed by atoms with Crippen LogP contribution in [0.2, 0.25) is 0 Å². The average Bonchev–Trinajstić information content (AvgIpc) is 2.59. The summed E-state index contributed by atoms with van der Waals surface area (Å²) < 4.78 is 9.13. The van der Waals surface area contributed by atoms with Gasteiger partial charge in [-0.05, 0) is 17.6 Å². The summed E-state index contributed by atoms with van der Waals surface area (Å²) in [6, 6.07) is 1.96. The summed E-state index contributed by atoms with van der Waals surface area (Å²) in [4.78, 5) is 1.94. The first kappa shape index (κ1) is 5.73. The fraction of sp³-hybridized carbons (Fsp3) is 0.167. The molecule has 0 amide bonds. The van der Waals surface area contributed by atoms with Gasteiger partial charge in [0, 0.05) is 11.6 Å². The smallest absolute Gasteiger partial charge is 0.165 e. The highest BCUT2D eigenvalue weighted by Crippen LogP contribution is 2.15. The highest BCUT2D eigenvalue weighted by atomic mass is 32.1. The number of nitrogens with zero attached hydrogens (tertiary/aromatic N) is 2. The molecule has 1 aliphatic rings. The monoisotopic (exact) mass is 154 g/mol. The summed E-state index contributed by atoms with van der Waals surface area (Å²) in [5.41, 5.74) is 0. The van der Waals surface area contributed by atoms with Crippen molar-refractivity contribution in [3.05, 3.63) is 23.9 Å². The molecule has 0 N–H and O–H groups in total. The van der Waals surface area contributed by atoms with E-state index in [1.54, 1.807) is 6.26 Å². The molecule has 0 saturated carbocycles. The van der Waals surface area contributed by atoms with E-state index in [2.05, 4.69) is 4.37 Å². The van der Waals surface area contributed by atoms with Gasteiger partial charge in [0.1, 0.15) is 12.1 Å². The van der Waals surface area contributed by atoms with Crippen LogP contribution < -0.4 is 4.90 Å². The maximum Gasteiger partial charge on any atom is 0.165 e. The van der Waals surface area contributed by atoms with Crippen molar-refractivity contribution in [3.8, 4) is 0 Å². The molecule has 1 aliphatic heterocycles. The van der Waals surface area contributed by atoms with Crippen LogP contribution >= 0.6 is 11.5 Å². The molecule has 0 fully saturated rings. The van der Waals surface area contributed by atoms with E-state index in [1.165, 1.54) is 11.5 Å². The zero-order chi connectivity index (χ0) is 6.81. The van der Waals surface area contributed by atoms with Crippen molar-refractivity contribution in [1.82, 2.24) is 4.37 Å². The van der Waals surface area contributed by atoms with Gasteiger partial charge in [0.25, 0.3) is 0 Å². The van der Waals surface area contributed by atoms with Crippen molar-refractivity contribution in [2.45, 2.75) is 0 Å². The van der Waals surface area contributed by atoms with Crippen LogP contribution in [0.15, 0.2) is 23.9 Å². The minimum atomic E-state index is 0.587. The second-order valence-electron chi connectivity index (χ2n) is 1.91. The minimum absolute atomic E-state index is 0.587. The zero-order valence-electron chi connectivity index (χ0n) is 5.23. The summed E-state index contributed by atoms with van der Waals surface area (Å²) in [6.45, 7) is 0.587. The molecular formula is C6H6N2OS. The Kier molecular flexibility index (Phi) is 1.32. The molecule has 1 aromatic rings. The second-order valence-corrected chi connectivity index (χ2v) is 2.57. The molecular weight excluding hydrogens is 148 g/mol. The molecule has 0 bridgehead atoms. The first-order valence-corrected chi connectivity index (χ1v) is 3.76. The van der Waals surface area contributed by atoms with Crippen LogP contribution in [0.5, 0.6) is 0 Å². The van der Waals surface area contributed by atoms with E-state index in [4.69, 9.17) is 4.74 Å². The Balaban J connectivity index is 2.20. The van der Waals surface area contributed by atoms with E-state index in [9.17, 15) is 0 Å². The van der Waals surface area contributed by atoms with Crippen LogP contribution in [-0.4, -0.2) is 11.1 Å². The molecule has 0 spiro atoms. The van der Waals surface area contributed by atoms with Crippen LogP contribution in [-0.2, 0) is 4.74 Å². The third kappa shape index (κ3) is 0.863. The Labute approximate surface area is 62.7 Å². The van der Waals surface area contributed by atoms with Gasteiger partial charge in [-0.1, -0.05) is 0 Å². The molecule has 10 heavy (non-hydrogen) atoms. The van der Waals surface area contributed by atoms with Gasteiger partial charge in [-0.25, -0.2) is 0 Å². The maximum absolute atomic E-state index is 4.99. The van der Waals surface area contributed by atoms with Gasteiger partial charge in [0.15, 0.2) is 6.73 Å². The van der Waals surface area contributed by atoms with Crippen LogP contribution in [0.1, 0.15) is 0 Å². The largest absolute Gasteiger partial charge is 0.479 e. The van der Waals surface area contributed by atoms with Crippen molar-refractivity contribution in [2.75, 3.05) is 11.6 Å². The van der Waals surface area contributed by atoms with E-state index >= 15 is 0 Å². The van der Waals surface area contributed by atoms with Crippen LogP contribution in [0.3, 0.4) is 0 Å². The standard InChI is InChI=1S/C6H6N2OS/c1-4-10-7-6(1)8-2-3-9-5-8/h1-4H,5H2. The highest BCUT2D eigenvalue weighted by Gasteiger charge is 2.07. The Morgan fingerprint density at radius 1 is 1.70 bits per heavy atom. The zero-order valence-corrected chi connectivity index (χ0v) is 6.04. The van der Waals surface area contributed by atoms with Gasteiger partial charge in [-0.2, -0.15) is 4.37 Å². The van der Waals surface area contributed by atoms with E-state index in [1.807, 2.05) is 22.5 Å². The van der Waals surface area contributed by atoms with Crippen LogP contribution in [0.25, 0.3) is 0 Å². The van der Waals surface area contributed by atoms with E-state index in [-0.39, 0.29) is 0 Å². The van der Waals surface area contributed by atoms with Crippen molar-refractivity contribution in [1.29, 1.82) is 0 Å². The van der Waals surface area contributed by atoms with Gasteiger partial charge in [-0.15, -0.1) is 0 Å². The molecule has 2 heterocycles. The summed E-state index contributed by atoms with van der Waals surface area (Å²) >= 11 is 1.45. The lowest BCUT2D eigenvalue weighted by atomic mass is 10.6. The average molecular weight is 154 g/mol. The third-order valence-electron chi connectivity index (χ3n) is 1.27. The van der Waals surface area contributed by atoms with Crippen molar-refractivity contribution < 1.29 is 4.74 Å². The number of aromatic nitrogens is 1. The molecule has 4 heteroatoms. The van der Waals surface area contributed by atoms with Crippen molar-refractivity contribution in [2.24, 2.45) is 0 Å². The number of hydrogen-bond donors (Lipinski definition) is 0. The van der Waals surface area contributed by atoms with Crippen molar-refractivity contribution in [3.63, 3.8) is 0 Å². The third-order valence-corrected chi connectivity index (χ3v) is 1.82. The van der Waals surface area contributed by atoms with Gasteiger partial charge < -0.3 is 4.74 Å². The minimum Gasteiger partial charge on any atom is -0.479 e. The molecule has 0 aromatic carbocycles. The lowest BCUT2D eigenvalue weighted by molar-refractivity contribution is 0.282. The van der Waals surface area contributed by atoms with Gasteiger partial charge in [0.05, 0.1) is 0 Å². The normalized spacial score (nSPS) is 15.8. The lowest BCUT2D eigenvalue weighted by Gasteiger charge is -2.07. The summed E-state index contributed by atoms with van der Waals surface area (Å²) in [6.07, 6.45) is 3.54. The van der Waals surface area contributed by atoms with Crippen LogP contribution in [0, 0.1) is 0 Å². The molecule has 0 saturated heterocycles. The molecule has 0 radical (unpaired) electrons. The molecule has 1 aromatic heterocycles. The fourth-order valence-corrected chi connectivity index (χ4v) is 1.30. The first-order chi connectivity index (χ1) is 4.97. The Morgan fingerprint density at radius 2 is 2.70 bits per heavy atom. The molecule has 0 unspecified atom stereocenters. The lowest BCUT2D eigenvalue weighted by Crippen LogP contribution is -2.12. The Bertz CT molecular complexity index is 232. The predicted octanol–water partition coefficient (Wildman–Crippen LogP) is 1.41. The topological polar surface area (TPSA) is 25.4 Å².